The number of rotatable bonds is 12. The fraction of sp³-hybridized carbons (Fsp3) is 0.854. The number of aliphatic hydroxyl groups is 4. The molecule has 380 valence electrons. The molecule has 4 aliphatic heterocycles. The van der Waals surface area contributed by atoms with Crippen molar-refractivity contribution in [1.82, 2.24) is 15.5 Å². The van der Waals surface area contributed by atoms with Gasteiger partial charge in [0, 0.05) is 44.6 Å². The van der Waals surface area contributed by atoms with E-state index in [0.29, 0.717) is 12.1 Å². The summed E-state index contributed by atoms with van der Waals surface area (Å²) in [6.45, 7) is 19.9. The maximum absolute atomic E-state index is 14.9. The number of aliphatic hydroxyl groups excluding tert-OH is 1. The van der Waals surface area contributed by atoms with Crippen molar-refractivity contribution in [3.63, 3.8) is 0 Å². The van der Waals surface area contributed by atoms with E-state index in [1.54, 1.807) is 85.7 Å². The SMILES string of the molecule is CCCNC[C@]1(O)[C@H](C)O[C@@H](O[C@H]2[C@H](C)[C@@H](O[C@@H]3O[C@H](C)C[C@H]4[C@H]3OC(C(F)(F)F)N4Cc3ccccc3)[C@](C)(O)C[C@@H](C)CN[C@H](C)[C@@H](O)[C@](C)(O)[C@@H](CC)OC(=O)[C@@H]2C)C[C@@]1(C)OC. The van der Waals surface area contributed by atoms with Crippen LogP contribution in [0.15, 0.2) is 30.3 Å². The van der Waals surface area contributed by atoms with Crippen LogP contribution in [0.5, 0.6) is 0 Å². The second-order valence-corrected chi connectivity index (χ2v) is 20.4. The first kappa shape index (κ1) is 54.9. The summed E-state index contributed by atoms with van der Waals surface area (Å²) < 4.78 is 89.3. The van der Waals surface area contributed by atoms with Crippen molar-refractivity contribution < 1.29 is 71.5 Å². The first-order chi connectivity index (χ1) is 30.7. The average molecular weight is 948 g/mol. The van der Waals surface area contributed by atoms with Crippen LogP contribution in [-0.2, 0) is 44.5 Å². The van der Waals surface area contributed by atoms with Gasteiger partial charge in [0.05, 0.1) is 35.9 Å². The van der Waals surface area contributed by atoms with E-state index in [0.717, 1.165) is 6.42 Å². The van der Waals surface area contributed by atoms with Gasteiger partial charge >= 0.3 is 12.1 Å². The van der Waals surface area contributed by atoms with Gasteiger partial charge in [-0.1, -0.05) is 58.0 Å². The minimum atomic E-state index is -4.77. The Labute approximate surface area is 389 Å². The molecular weight excluding hydrogens is 868 g/mol. The number of carbonyl (C=O) groups is 1. The second kappa shape index (κ2) is 21.9. The molecule has 0 amide bonds. The summed E-state index contributed by atoms with van der Waals surface area (Å²) in [5.74, 6) is -3.23. The minimum Gasteiger partial charge on any atom is -0.459 e. The molecule has 1 aromatic carbocycles. The Bertz CT molecular complexity index is 1700. The molecular formula is C48H80F3N3O12. The van der Waals surface area contributed by atoms with Crippen molar-refractivity contribution in [2.75, 3.05) is 26.7 Å². The van der Waals surface area contributed by atoms with Crippen LogP contribution in [0.2, 0.25) is 0 Å². The molecule has 18 heteroatoms. The van der Waals surface area contributed by atoms with Crippen molar-refractivity contribution in [1.29, 1.82) is 0 Å². The largest absolute Gasteiger partial charge is 0.459 e. The third-order valence-electron chi connectivity index (χ3n) is 14.8. The third-order valence-corrected chi connectivity index (χ3v) is 14.8. The van der Waals surface area contributed by atoms with Crippen LogP contribution in [0.3, 0.4) is 0 Å². The van der Waals surface area contributed by atoms with E-state index >= 15 is 0 Å². The van der Waals surface area contributed by atoms with Gasteiger partial charge in [-0.2, -0.15) is 13.2 Å². The van der Waals surface area contributed by atoms with Gasteiger partial charge in [0.15, 0.2) is 12.6 Å². The lowest BCUT2D eigenvalue weighted by atomic mass is 9.75. The maximum Gasteiger partial charge on any atom is 0.428 e. The van der Waals surface area contributed by atoms with Gasteiger partial charge in [-0.25, -0.2) is 0 Å². The zero-order valence-electron chi connectivity index (χ0n) is 41.0. The summed E-state index contributed by atoms with van der Waals surface area (Å²) in [6, 6.07) is 7.37. The maximum atomic E-state index is 14.9. The number of hydrogen-bond donors (Lipinski definition) is 6. The van der Waals surface area contributed by atoms with Crippen LogP contribution in [0.1, 0.15) is 114 Å². The van der Waals surface area contributed by atoms with Crippen LogP contribution >= 0.6 is 0 Å². The number of alkyl halides is 3. The highest BCUT2D eigenvalue weighted by Crippen LogP contribution is 2.46. The standard InChI is InChI=1S/C48H80F3N3O12/c1-13-20-52-26-47(59)32(8)62-36(23-45(47,10)60-12)64-37-29(5)40(44(9,57)22-27(3)24-53-31(7)39(55)46(11,58)35(14-2)63-41(56)30(37)6)66-42-38-34(21-28(4)61-42)54(43(65-38)48(49,50)51)25-33-18-16-15-17-19-33/h15-19,27-32,34-40,42-43,52-53,55,57-59H,13-14,20-26H2,1-12H3/t27-,28-,29+,30-,31-,32+,34+,35-,36+,37+,38-,39-,40-,42+,43?,44-,45-,46-,47+/m1/s1. The molecule has 19 atom stereocenters. The fourth-order valence-electron chi connectivity index (χ4n) is 10.8. The van der Waals surface area contributed by atoms with Crippen LogP contribution < -0.4 is 10.6 Å². The molecule has 66 heavy (non-hydrogen) atoms. The quantitative estimate of drug-likeness (QED) is 0.124. The minimum absolute atomic E-state index is 0.00105. The van der Waals surface area contributed by atoms with Gasteiger partial charge in [0.1, 0.15) is 35.1 Å². The van der Waals surface area contributed by atoms with Gasteiger partial charge in [-0.15, -0.1) is 0 Å². The number of hydrogen-bond acceptors (Lipinski definition) is 15. The molecule has 0 saturated carbocycles. The van der Waals surface area contributed by atoms with Gasteiger partial charge in [-0.3, -0.25) is 9.69 Å². The fourth-order valence-corrected chi connectivity index (χ4v) is 10.8. The summed E-state index contributed by atoms with van der Waals surface area (Å²) >= 11 is 0. The molecule has 4 aliphatic rings. The first-order valence-electron chi connectivity index (χ1n) is 23.9. The number of cyclic esters (lactones) is 1. The summed E-state index contributed by atoms with van der Waals surface area (Å²) in [4.78, 5) is 15.8. The van der Waals surface area contributed by atoms with Crippen LogP contribution in [0.4, 0.5) is 13.2 Å². The van der Waals surface area contributed by atoms with Crippen molar-refractivity contribution in [2.45, 2.75) is 217 Å². The molecule has 0 bridgehead atoms. The van der Waals surface area contributed by atoms with Crippen LogP contribution in [-0.4, -0.2) is 160 Å². The lowest BCUT2D eigenvalue weighted by Crippen LogP contribution is -2.70. The molecule has 4 fully saturated rings. The molecule has 4 saturated heterocycles. The summed E-state index contributed by atoms with van der Waals surface area (Å²) in [7, 11) is 1.49. The van der Waals surface area contributed by atoms with E-state index in [-0.39, 0.29) is 51.2 Å². The zero-order chi connectivity index (χ0) is 49.2. The lowest BCUT2D eigenvalue weighted by Gasteiger charge is -2.53. The molecule has 1 aromatic rings. The molecule has 6 N–H and O–H groups in total. The monoisotopic (exact) mass is 948 g/mol. The Morgan fingerprint density at radius 3 is 2.23 bits per heavy atom. The van der Waals surface area contributed by atoms with E-state index in [1.807, 2.05) is 13.8 Å². The molecule has 0 radical (unpaired) electrons. The molecule has 0 aliphatic carbocycles. The van der Waals surface area contributed by atoms with Crippen molar-refractivity contribution in [3.05, 3.63) is 35.9 Å². The number of methoxy groups -OCH3 is 1. The van der Waals surface area contributed by atoms with Gasteiger partial charge in [0.25, 0.3) is 0 Å². The lowest BCUT2D eigenvalue weighted by molar-refractivity contribution is -0.336. The normalized spacial score (nSPS) is 44.8. The predicted molar refractivity (Wildman–Crippen MR) is 239 cm³/mol. The molecule has 5 rings (SSSR count). The number of nitrogens with one attached hydrogen (secondary N) is 2. The smallest absolute Gasteiger partial charge is 0.428 e. The highest BCUT2D eigenvalue weighted by Gasteiger charge is 2.61. The zero-order valence-corrected chi connectivity index (χ0v) is 41.0. The average Bonchev–Trinajstić information content (AvgIpc) is 3.62. The molecule has 0 spiro atoms. The van der Waals surface area contributed by atoms with E-state index in [4.69, 9.17) is 33.2 Å². The van der Waals surface area contributed by atoms with E-state index in [1.165, 1.54) is 18.9 Å². The Hall–Kier alpha value is -2.04. The Balaban J connectivity index is 1.59. The number of halogens is 3. The molecule has 15 nitrogen and oxygen atoms in total. The third kappa shape index (κ3) is 11.9. The topological polar surface area (TPSA) is 190 Å². The number of ether oxygens (including phenoxy) is 7. The Morgan fingerprint density at radius 2 is 1.62 bits per heavy atom. The van der Waals surface area contributed by atoms with Crippen molar-refractivity contribution in [2.24, 2.45) is 17.8 Å². The van der Waals surface area contributed by atoms with Gasteiger partial charge < -0.3 is 64.2 Å². The number of benzene rings is 1. The molecule has 0 aromatic heterocycles. The van der Waals surface area contributed by atoms with Crippen LogP contribution in [0.25, 0.3) is 0 Å². The van der Waals surface area contributed by atoms with Crippen molar-refractivity contribution >= 4 is 5.97 Å². The van der Waals surface area contributed by atoms with E-state index in [9.17, 15) is 38.4 Å². The first-order valence-corrected chi connectivity index (χ1v) is 23.9. The second-order valence-electron chi connectivity index (χ2n) is 20.4. The highest BCUT2D eigenvalue weighted by molar-refractivity contribution is 5.73. The Kier molecular flexibility index (Phi) is 18.2. The Morgan fingerprint density at radius 1 is 0.955 bits per heavy atom. The molecule has 4 heterocycles. The summed E-state index contributed by atoms with van der Waals surface area (Å²) in [6.07, 6.45) is -16.0. The van der Waals surface area contributed by atoms with Crippen molar-refractivity contribution in [3.8, 4) is 0 Å². The van der Waals surface area contributed by atoms with E-state index in [2.05, 4.69) is 10.6 Å². The number of carbonyl (C=O) groups excluding carboxylic acids is 1. The van der Waals surface area contributed by atoms with E-state index < -0.39 is 120 Å². The number of esters is 1. The highest BCUT2D eigenvalue weighted by atomic mass is 19.4. The summed E-state index contributed by atoms with van der Waals surface area (Å²) in [5.41, 5.74) is -5.74. The summed E-state index contributed by atoms with van der Waals surface area (Å²) in [5, 5.41) is 54.7. The molecule has 1 unspecified atom stereocenters. The number of nitrogens with zero attached hydrogens (tertiary/aromatic N) is 1. The van der Waals surface area contributed by atoms with Crippen LogP contribution in [0, 0.1) is 17.8 Å². The number of fused-ring (bicyclic) bond motifs is 1. The predicted octanol–water partition coefficient (Wildman–Crippen LogP) is 4.80. The van der Waals surface area contributed by atoms with Gasteiger partial charge in [-0.05, 0) is 98.7 Å². The van der Waals surface area contributed by atoms with Gasteiger partial charge in [0.2, 0.25) is 6.23 Å².